The van der Waals surface area contributed by atoms with Crippen molar-refractivity contribution in [2.75, 3.05) is 19.1 Å². The number of hydrogen-bond acceptors (Lipinski definition) is 6. The van der Waals surface area contributed by atoms with Crippen molar-refractivity contribution >= 4 is 17.7 Å². The molecule has 3 aromatic rings. The molecule has 0 heterocycles. The van der Waals surface area contributed by atoms with Gasteiger partial charge in [-0.1, -0.05) is 30.3 Å². The van der Waals surface area contributed by atoms with Crippen LogP contribution in [0.15, 0.2) is 72.8 Å². The van der Waals surface area contributed by atoms with Crippen LogP contribution in [0.25, 0.3) is 0 Å². The van der Waals surface area contributed by atoms with Crippen LogP contribution in [0.5, 0.6) is 17.2 Å². The summed E-state index contributed by atoms with van der Waals surface area (Å²) in [6, 6.07) is 20.7. The van der Waals surface area contributed by atoms with Crippen molar-refractivity contribution in [1.29, 1.82) is 0 Å². The summed E-state index contributed by atoms with van der Waals surface area (Å²) in [4.78, 5) is 25.4. The highest BCUT2D eigenvalue weighted by Gasteiger charge is 2.17. The van der Waals surface area contributed by atoms with Crippen molar-refractivity contribution < 1.29 is 28.9 Å². The molecular weight excluding hydrogens is 386 g/mol. The third-order valence-electron chi connectivity index (χ3n) is 4.32. The molecule has 1 N–H and O–H groups in total. The summed E-state index contributed by atoms with van der Waals surface area (Å²) in [7, 11) is 2.76. The number of aromatic hydroxyl groups is 1. The molecule has 0 atom stereocenters. The van der Waals surface area contributed by atoms with E-state index in [1.165, 1.54) is 30.2 Å². The Morgan fingerprint density at radius 2 is 1.60 bits per heavy atom. The molecule has 0 radical (unpaired) electrons. The molecule has 3 aromatic carbocycles. The van der Waals surface area contributed by atoms with Gasteiger partial charge in [-0.3, -0.25) is 4.90 Å². The van der Waals surface area contributed by atoms with E-state index >= 15 is 0 Å². The molecule has 7 heteroatoms. The molecule has 0 aliphatic rings. The molecule has 0 spiro atoms. The van der Waals surface area contributed by atoms with E-state index in [-0.39, 0.29) is 17.1 Å². The van der Waals surface area contributed by atoms with Crippen molar-refractivity contribution in [3.8, 4) is 17.2 Å². The van der Waals surface area contributed by atoms with Crippen molar-refractivity contribution in [3.05, 3.63) is 83.9 Å². The third-order valence-corrected chi connectivity index (χ3v) is 4.32. The van der Waals surface area contributed by atoms with Crippen LogP contribution in [0.3, 0.4) is 0 Å². The zero-order valence-corrected chi connectivity index (χ0v) is 16.6. The van der Waals surface area contributed by atoms with Gasteiger partial charge in [0, 0.05) is 12.7 Å². The molecule has 0 unspecified atom stereocenters. The van der Waals surface area contributed by atoms with Crippen LogP contribution in [0, 0.1) is 0 Å². The molecule has 0 aliphatic carbocycles. The number of anilines is 1. The lowest BCUT2D eigenvalue weighted by Gasteiger charge is -2.17. The molecule has 0 saturated carbocycles. The summed E-state index contributed by atoms with van der Waals surface area (Å²) in [6.07, 6.45) is -0.658. The highest BCUT2D eigenvalue weighted by molar-refractivity contribution is 5.93. The minimum atomic E-state index is -0.732. The summed E-state index contributed by atoms with van der Waals surface area (Å²) < 4.78 is 15.6. The van der Waals surface area contributed by atoms with E-state index in [0.29, 0.717) is 18.0 Å². The Balaban J connectivity index is 1.62. The molecule has 1 amide bonds. The fourth-order valence-electron chi connectivity index (χ4n) is 2.63. The largest absolute Gasteiger partial charge is 0.507 e. The highest BCUT2D eigenvalue weighted by atomic mass is 16.6. The summed E-state index contributed by atoms with van der Waals surface area (Å²) in [5, 5.41) is 9.74. The number of ether oxygens (including phenoxy) is 3. The van der Waals surface area contributed by atoms with Crippen LogP contribution in [0.1, 0.15) is 15.9 Å². The quantitative estimate of drug-likeness (QED) is 0.610. The molecule has 30 heavy (non-hydrogen) atoms. The van der Waals surface area contributed by atoms with Gasteiger partial charge >= 0.3 is 12.1 Å². The Morgan fingerprint density at radius 3 is 2.27 bits per heavy atom. The number of amides is 1. The van der Waals surface area contributed by atoms with E-state index in [0.717, 1.165) is 5.56 Å². The average molecular weight is 407 g/mol. The second-order valence-corrected chi connectivity index (χ2v) is 6.37. The van der Waals surface area contributed by atoms with E-state index in [1.54, 1.807) is 31.3 Å². The second kappa shape index (κ2) is 9.47. The molecule has 0 bridgehead atoms. The maximum absolute atomic E-state index is 12.4. The first kappa shape index (κ1) is 20.7. The monoisotopic (exact) mass is 407 g/mol. The number of rotatable bonds is 6. The van der Waals surface area contributed by atoms with E-state index in [1.807, 2.05) is 30.3 Å². The minimum absolute atomic E-state index is 0.0922. The highest BCUT2D eigenvalue weighted by Crippen LogP contribution is 2.25. The molecule has 154 valence electrons. The van der Waals surface area contributed by atoms with Gasteiger partial charge in [-0.25, -0.2) is 9.59 Å². The number of benzene rings is 3. The van der Waals surface area contributed by atoms with Crippen molar-refractivity contribution in [2.45, 2.75) is 6.61 Å². The Hall–Kier alpha value is -4.00. The Morgan fingerprint density at radius 1 is 0.933 bits per heavy atom. The zero-order valence-electron chi connectivity index (χ0n) is 16.6. The smallest absolute Gasteiger partial charge is 0.419 e. The normalized spacial score (nSPS) is 10.2. The summed E-state index contributed by atoms with van der Waals surface area (Å²) in [5.41, 5.74) is 1.56. The van der Waals surface area contributed by atoms with E-state index in [2.05, 4.69) is 4.74 Å². The van der Waals surface area contributed by atoms with Gasteiger partial charge in [0.15, 0.2) is 0 Å². The first-order valence-corrected chi connectivity index (χ1v) is 9.11. The van der Waals surface area contributed by atoms with Crippen LogP contribution in [0.2, 0.25) is 0 Å². The predicted octanol–water partition coefficient (Wildman–Crippen LogP) is 4.39. The predicted molar refractivity (Wildman–Crippen MR) is 111 cm³/mol. The molecular formula is C23H21NO6. The van der Waals surface area contributed by atoms with Crippen LogP contribution >= 0.6 is 0 Å². The topological polar surface area (TPSA) is 85.3 Å². The van der Waals surface area contributed by atoms with Crippen molar-refractivity contribution in [2.24, 2.45) is 0 Å². The van der Waals surface area contributed by atoms with Crippen molar-refractivity contribution in [1.82, 2.24) is 0 Å². The summed E-state index contributed by atoms with van der Waals surface area (Å²) >= 11 is 0. The zero-order chi connectivity index (χ0) is 21.5. The average Bonchev–Trinajstić information content (AvgIpc) is 2.79. The molecule has 0 fully saturated rings. The lowest BCUT2D eigenvalue weighted by atomic mass is 10.2. The van der Waals surface area contributed by atoms with Gasteiger partial charge in [0.2, 0.25) is 0 Å². The van der Waals surface area contributed by atoms with Gasteiger partial charge in [-0.05, 0) is 48.0 Å². The van der Waals surface area contributed by atoms with E-state index < -0.39 is 12.1 Å². The lowest BCUT2D eigenvalue weighted by molar-refractivity contribution is 0.0597. The molecule has 3 rings (SSSR count). The number of methoxy groups -OCH3 is 1. The number of phenolic OH excluding ortho intramolecular Hbond substituents is 1. The SMILES string of the molecule is COC(=O)c1cc(OC(=O)N(C)c2ccc(OCc3ccccc3)cc2)ccc1O. The fourth-order valence-corrected chi connectivity index (χ4v) is 2.63. The van der Waals surface area contributed by atoms with Gasteiger partial charge in [0.1, 0.15) is 29.4 Å². The van der Waals surface area contributed by atoms with Gasteiger partial charge in [0.05, 0.1) is 7.11 Å². The number of esters is 1. The maximum Gasteiger partial charge on any atom is 0.419 e. The lowest BCUT2D eigenvalue weighted by Crippen LogP contribution is -2.29. The van der Waals surface area contributed by atoms with Crippen LogP contribution in [-0.2, 0) is 11.3 Å². The molecule has 0 saturated heterocycles. The molecule has 0 aromatic heterocycles. The number of phenols is 1. The summed E-state index contributed by atoms with van der Waals surface area (Å²) in [6.45, 7) is 0.446. The van der Waals surface area contributed by atoms with E-state index in [9.17, 15) is 14.7 Å². The van der Waals surface area contributed by atoms with Crippen LogP contribution < -0.4 is 14.4 Å². The Labute approximate surface area is 174 Å². The van der Waals surface area contributed by atoms with Crippen molar-refractivity contribution in [3.63, 3.8) is 0 Å². The molecule has 0 aliphatic heterocycles. The maximum atomic E-state index is 12.4. The number of carbonyl (C=O) groups excluding carboxylic acids is 2. The first-order valence-electron chi connectivity index (χ1n) is 9.11. The van der Waals surface area contributed by atoms with Gasteiger partial charge in [-0.2, -0.15) is 0 Å². The third kappa shape index (κ3) is 5.08. The van der Waals surface area contributed by atoms with Gasteiger partial charge < -0.3 is 19.3 Å². The standard InChI is InChI=1S/C23H21NO6/c1-24(23(27)30-19-12-13-21(25)20(14-19)22(26)28-2)17-8-10-18(11-9-17)29-15-16-6-4-3-5-7-16/h3-14,25H,15H2,1-2H3. The number of nitrogens with zero attached hydrogens (tertiary/aromatic N) is 1. The Kier molecular flexibility index (Phi) is 6.54. The minimum Gasteiger partial charge on any atom is -0.507 e. The number of carbonyl (C=O) groups is 2. The molecule has 7 nitrogen and oxygen atoms in total. The summed E-state index contributed by atoms with van der Waals surface area (Å²) in [5.74, 6) is -0.218. The van der Waals surface area contributed by atoms with Gasteiger partial charge in [0.25, 0.3) is 0 Å². The van der Waals surface area contributed by atoms with Crippen LogP contribution in [0.4, 0.5) is 10.5 Å². The van der Waals surface area contributed by atoms with Gasteiger partial charge in [-0.15, -0.1) is 0 Å². The first-order chi connectivity index (χ1) is 14.5. The second-order valence-electron chi connectivity index (χ2n) is 6.37. The number of hydrogen-bond donors (Lipinski definition) is 1. The fraction of sp³-hybridized carbons (Fsp3) is 0.130. The van der Waals surface area contributed by atoms with Crippen LogP contribution in [-0.4, -0.2) is 31.3 Å². The van der Waals surface area contributed by atoms with E-state index in [4.69, 9.17) is 9.47 Å². The Bertz CT molecular complexity index is 1020.